The van der Waals surface area contributed by atoms with Crippen molar-refractivity contribution in [1.82, 2.24) is 0 Å². The Hall–Kier alpha value is -3.93. The van der Waals surface area contributed by atoms with Crippen molar-refractivity contribution in [2.45, 2.75) is 232 Å². The minimum absolute atomic E-state index is 0.113. The molecular formula is C59H96O6. The summed E-state index contributed by atoms with van der Waals surface area (Å²) in [5.74, 6) is -1.01. The molecule has 0 fully saturated rings. The van der Waals surface area contributed by atoms with Crippen molar-refractivity contribution in [3.8, 4) is 0 Å². The number of esters is 3. The van der Waals surface area contributed by atoms with E-state index in [0.717, 1.165) is 70.6 Å². The first kappa shape index (κ1) is 61.1. The lowest BCUT2D eigenvalue weighted by Crippen LogP contribution is -2.30. The molecule has 0 aromatic heterocycles. The summed E-state index contributed by atoms with van der Waals surface area (Å²) >= 11 is 0. The molecule has 0 aliphatic heterocycles. The van der Waals surface area contributed by atoms with Crippen molar-refractivity contribution in [1.29, 1.82) is 0 Å². The third-order valence-electron chi connectivity index (χ3n) is 10.9. The molecule has 1 unspecified atom stereocenters. The lowest BCUT2D eigenvalue weighted by molar-refractivity contribution is -0.167. The molecule has 0 N–H and O–H groups in total. The van der Waals surface area contributed by atoms with Crippen LogP contribution in [0.4, 0.5) is 0 Å². The zero-order valence-corrected chi connectivity index (χ0v) is 42.0. The Morgan fingerprint density at radius 2 is 0.677 bits per heavy atom. The average Bonchev–Trinajstić information content (AvgIpc) is 3.30. The third kappa shape index (κ3) is 50.9. The molecular weight excluding hydrogens is 805 g/mol. The van der Waals surface area contributed by atoms with Gasteiger partial charge < -0.3 is 14.2 Å². The van der Waals surface area contributed by atoms with Gasteiger partial charge in [0.25, 0.3) is 0 Å². The van der Waals surface area contributed by atoms with Gasteiger partial charge in [0, 0.05) is 19.3 Å². The average molecular weight is 901 g/mol. The first-order chi connectivity index (χ1) is 32.0. The van der Waals surface area contributed by atoms with Crippen LogP contribution in [0.5, 0.6) is 0 Å². The van der Waals surface area contributed by atoms with Gasteiger partial charge in [0.1, 0.15) is 13.2 Å². The number of carbonyl (C=O) groups excluding carboxylic acids is 3. The second-order valence-electron chi connectivity index (χ2n) is 17.2. The maximum atomic E-state index is 12.8. The molecule has 0 rings (SSSR count). The summed E-state index contributed by atoms with van der Waals surface area (Å²) in [6.45, 7) is 6.40. The minimum atomic E-state index is -0.823. The standard InChI is InChI=1S/C59H96O6/c1-4-7-10-13-16-19-22-25-27-29-31-34-37-40-43-46-49-52-58(61)64-55-56(54-63-57(60)51-48-45-42-39-36-33-24-21-18-15-12-9-6-3)65-59(62)53-50-47-44-41-38-35-32-30-28-26-23-20-17-14-11-8-5-2/h7,10,13,16,19,22,25-29,31-32,34-35,37,41,44,56H,4-6,8-9,11-12,14-15,17-18,20-21,23-24,30,33,36,38-40,42-43,45-55H2,1-3H3/b10-7-,16-13-,22-19-,27-25-,28-26-,31-29+,35-32-,37-34-,44-41-. The van der Waals surface area contributed by atoms with Gasteiger partial charge in [-0.3, -0.25) is 14.4 Å². The van der Waals surface area contributed by atoms with Crippen LogP contribution >= 0.6 is 0 Å². The van der Waals surface area contributed by atoms with E-state index in [4.69, 9.17) is 14.2 Å². The molecule has 6 nitrogen and oxygen atoms in total. The van der Waals surface area contributed by atoms with Crippen molar-refractivity contribution in [2.75, 3.05) is 13.2 Å². The van der Waals surface area contributed by atoms with Crippen LogP contribution < -0.4 is 0 Å². The van der Waals surface area contributed by atoms with Crippen LogP contribution in [0.1, 0.15) is 226 Å². The summed E-state index contributed by atoms with van der Waals surface area (Å²) in [7, 11) is 0. The summed E-state index contributed by atoms with van der Waals surface area (Å²) in [6.07, 6.45) is 70.7. The predicted octanol–water partition coefficient (Wildman–Crippen LogP) is 17.5. The Balaban J connectivity index is 4.57. The monoisotopic (exact) mass is 901 g/mol. The first-order valence-electron chi connectivity index (χ1n) is 26.5. The molecule has 0 spiro atoms. The highest BCUT2D eigenvalue weighted by Crippen LogP contribution is 2.14. The molecule has 0 saturated carbocycles. The molecule has 0 bridgehead atoms. The SMILES string of the molecule is CC\C=C/C=C\C=C/C=C\C=C\C=C/CCCCCC(=O)OCC(COC(=O)CCCCCCCCCCCCCCC)OC(=O)CCC/C=C\C/C=C\C/C=C\CCCCCCCC. The molecule has 0 amide bonds. The molecule has 0 aromatic carbocycles. The van der Waals surface area contributed by atoms with Crippen LogP contribution in [-0.4, -0.2) is 37.2 Å². The van der Waals surface area contributed by atoms with Crippen molar-refractivity contribution >= 4 is 17.9 Å². The maximum absolute atomic E-state index is 12.8. The van der Waals surface area contributed by atoms with E-state index in [1.807, 2.05) is 60.8 Å². The lowest BCUT2D eigenvalue weighted by atomic mass is 10.0. The fraction of sp³-hybridized carbons (Fsp3) is 0.644. The number of allylic oxidation sites excluding steroid dienone is 18. The quantitative estimate of drug-likeness (QED) is 0.0199. The Morgan fingerprint density at radius 3 is 1.14 bits per heavy atom. The van der Waals surface area contributed by atoms with Gasteiger partial charge in [-0.05, 0) is 70.6 Å². The van der Waals surface area contributed by atoms with Crippen LogP contribution in [0.2, 0.25) is 0 Å². The number of rotatable bonds is 46. The van der Waals surface area contributed by atoms with E-state index in [1.54, 1.807) is 0 Å². The second kappa shape index (κ2) is 52.7. The Bertz CT molecular complexity index is 1360. The highest BCUT2D eigenvalue weighted by molar-refractivity contribution is 5.71. The number of unbranched alkanes of at least 4 members (excludes halogenated alkanes) is 22. The highest BCUT2D eigenvalue weighted by atomic mass is 16.6. The van der Waals surface area contributed by atoms with Crippen molar-refractivity contribution < 1.29 is 28.6 Å². The number of carbonyl (C=O) groups is 3. The zero-order chi connectivity index (χ0) is 47.2. The van der Waals surface area contributed by atoms with E-state index in [0.29, 0.717) is 19.3 Å². The van der Waals surface area contributed by atoms with Crippen molar-refractivity contribution in [3.05, 3.63) is 109 Å². The molecule has 65 heavy (non-hydrogen) atoms. The van der Waals surface area contributed by atoms with Crippen LogP contribution in [0, 0.1) is 0 Å². The van der Waals surface area contributed by atoms with Crippen molar-refractivity contribution in [3.63, 3.8) is 0 Å². The van der Waals surface area contributed by atoms with Crippen molar-refractivity contribution in [2.24, 2.45) is 0 Å². The summed E-state index contributed by atoms with van der Waals surface area (Å²) in [5, 5.41) is 0. The topological polar surface area (TPSA) is 78.9 Å². The first-order valence-corrected chi connectivity index (χ1v) is 26.5. The maximum Gasteiger partial charge on any atom is 0.306 e. The Morgan fingerprint density at radius 1 is 0.338 bits per heavy atom. The summed E-state index contributed by atoms with van der Waals surface area (Å²) in [5.41, 5.74) is 0. The van der Waals surface area contributed by atoms with Gasteiger partial charge in [0.05, 0.1) is 0 Å². The molecule has 0 aromatic rings. The van der Waals surface area contributed by atoms with E-state index in [9.17, 15) is 14.4 Å². The Labute approximate surface area is 400 Å². The number of hydrogen-bond acceptors (Lipinski definition) is 6. The van der Waals surface area contributed by atoms with Gasteiger partial charge >= 0.3 is 17.9 Å². The Kier molecular flexibility index (Phi) is 49.5. The van der Waals surface area contributed by atoms with Gasteiger partial charge in [-0.25, -0.2) is 0 Å². The molecule has 0 heterocycles. The molecule has 0 saturated heterocycles. The van der Waals surface area contributed by atoms with Crippen LogP contribution in [0.25, 0.3) is 0 Å². The van der Waals surface area contributed by atoms with Gasteiger partial charge in [-0.15, -0.1) is 0 Å². The highest BCUT2D eigenvalue weighted by Gasteiger charge is 2.19. The molecule has 0 radical (unpaired) electrons. The fourth-order valence-electron chi connectivity index (χ4n) is 6.96. The van der Waals surface area contributed by atoms with Gasteiger partial charge in [-0.2, -0.15) is 0 Å². The predicted molar refractivity (Wildman–Crippen MR) is 279 cm³/mol. The zero-order valence-electron chi connectivity index (χ0n) is 42.0. The van der Waals surface area contributed by atoms with E-state index < -0.39 is 6.10 Å². The lowest BCUT2D eigenvalue weighted by Gasteiger charge is -2.18. The third-order valence-corrected chi connectivity index (χ3v) is 10.9. The second-order valence-corrected chi connectivity index (χ2v) is 17.2. The minimum Gasteiger partial charge on any atom is -0.462 e. The van der Waals surface area contributed by atoms with Gasteiger partial charge in [-0.1, -0.05) is 246 Å². The normalized spacial score (nSPS) is 13.0. The summed E-state index contributed by atoms with van der Waals surface area (Å²) in [6, 6.07) is 0. The molecule has 1 atom stereocenters. The molecule has 0 aliphatic rings. The molecule has 368 valence electrons. The number of hydrogen-bond donors (Lipinski definition) is 0. The van der Waals surface area contributed by atoms with E-state index in [-0.39, 0.29) is 37.5 Å². The van der Waals surface area contributed by atoms with E-state index in [1.165, 1.54) is 109 Å². The van der Waals surface area contributed by atoms with E-state index in [2.05, 4.69) is 69.4 Å². The molecule has 0 aliphatic carbocycles. The molecule has 6 heteroatoms. The fourth-order valence-corrected chi connectivity index (χ4v) is 6.96. The number of ether oxygens (including phenoxy) is 3. The van der Waals surface area contributed by atoms with Gasteiger partial charge in [0.15, 0.2) is 6.10 Å². The van der Waals surface area contributed by atoms with Crippen LogP contribution in [-0.2, 0) is 28.6 Å². The summed E-state index contributed by atoms with van der Waals surface area (Å²) < 4.78 is 16.7. The van der Waals surface area contributed by atoms with E-state index >= 15 is 0 Å². The van der Waals surface area contributed by atoms with Crippen LogP contribution in [0.3, 0.4) is 0 Å². The van der Waals surface area contributed by atoms with Crippen LogP contribution in [0.15, 0.2) is 109 Å². The largest absolute Gasteiger partial charge is 0.462 e. The smallest absolute Gasteiger partial charge is 0.306 e. The van der Waals surface area contributed by atoms with Gasteiger partial charge in [0.2, 0.25) is 0 Å². The summed E-state index contributed by atoms with van der Waals surface area (Å²) in [4.78, 5) is 38.0.